The fourth-order valence-corrected chi connectivity index (χ4v) is 4.00. The van der Waals surface area contributed by atoms with Crippen molar-refractivity contribution in [1.29, 1.82) is 0 Å². The molecule has 0 radical (unpaired) electrons. The van der Waals surface area contributed by atoms with Crippen LogP contribution in [0.25, 0.3) is 0 Å². The predicted octanol–water partition coefficient (Wildman–Crippen LogP) is 2.73. The first-order chi connectivity index (χ1) is 11.7. The lowest BCUT2D eigenvalue weighted by molar-refractivity contribution is -0.132. The maximum absolute atomic E-state index is 12.5. The Hall–Kier alpha value is -1.39. The standard InChI is InChI=1S/C20H31N3O/c1-17-6-5-7-18(16-17)19-8-3-2-4-12-22(19)13-9-20(24)23-14-10-21-11-15-23/h5-7,16,19,21H,2-4,8-15H2,1H3. The molecule has 1 unspecified atom stereocenters. The fourth-order valence-electron chi connectivity index (χ4n) is 4.00. The van der Waals surface area contributed by atoms with Crippen molar-refractivity contribution >= 4 is 5.91 Å². The molecule has 0 bridgehead atoms. The molecule has 24 heavy (non-hydrogen) atoms. The number of carbonyl (C=O) groups excluding carboxylic acids is 1. The highest BCUT2D eigenvalue weighted by atomic mass is 16.2. The molecule has 0 saturated carbocycles. The Morgan fingerprint density at radius 2 is 2.00 bits per heavy atom. The third-order valence-electron chi connectivity index (χ3n) is 5.37. The Morgan fingerprint density at radius 1 is 1.17 bits per heavy atom. The number of hydrogen-bond acceptors (Lipinski definition) is 3. The lowest BCUT2D eigenvalue weighted by Gasteiger charge is -2.32. The normalized spacial score (nSPS) is 23.0. The van der Waals surface area contributed by atoms with E-state index in [1.165, 1.54) is 36.8 Å². The molecule has 2 heterocycles. The zero-order valence-electron chi connectivity index (χ0n) is 15.0. The summed E-state index contributed by atoms with van der Waals surface area (Å²) in [5, 5.41) is 3.31. The number of carbonyl (C=O) groups is 1. The van der Waals surface area contributed by atoms with Gasteiger partial charge in [0.05, 0.1) is 0 Å². The highest BCUT2D eigenvalue weighted by Gasteiger charge is 2.24. The molecule has 4 nitrogen and oxygen atoms in total. The summed E-state index contributed by atoms with van der Waals surface area (Å²) in [4.78, 5) is 17.1. The molecule has 2 aliphatic heterocycles. The molecule has 1 atom stereocenters. The first-order valence-corrected chi connectivity index (χ1v) is 9.53. The second-order valence-corrected chi connectivity index (χ2v) is 7.20. The van der Waals surface area contributed by atoms with Crippen molar-refractivity contribution in [2.75, 3.05) is 39.3 Å². The van der Waals surface area contributed by atoms with E-state index in [2.05, 4.69) is 41.4 Å². The number of nitrogens with zero attached hydrogens (tertiary/aromatic N) is 2. The summed E-state index contributed by atoms with van der Waals surface area (Å²) in [6, 6.07) is 9.39. The van der Waals surface area contributed by atoms with E-state index in [1.54, 1.807) is 0 Å². The van der Waals surface area contributed by atoms with Gasteiger partial charge in [-0.2, -0.15) is 0 Å². The number of piperazine rings is 1. The Labute approximate surface area is 146 Å². The Morgan fingerprint density at radius 3 is 2.79 bits per heavy atom. The van der Waals surface area contributed by atoms with Gasteiger partial charge >= 0.3 is 0 Å². The van der Waals surface area contributed by atoms with Crippen LogP contribution in [-0.2, 0) is 4.79 Å². The molecular weight excluding hydrogens is 298 g/mol. The van der Waals surface area contributed by atoms with Gasteiger partial charge in [0.15, 0.2) is 0 Å². The Bertz CT molecular complexity index is 539. The fraction of sp³-hybridized carbons (Fsp3) is 0.650. The summed E-state index contributed by atoms with van der Waals surface area (Å²) in [5.41, 5.74) is 2.75. The number of rotatable bonds is 4. The molecule has 0 aromatic heterocycles. The van der Waals surface area contributed by atoms with E-state index in [0.717, 1.165) is 39.3 Å². The molecule has 2 saturated heterocycles. The van der Waals surface area contributed by atoms with E-state index >= 15 is 0 Å². The van der Waals surface area contributed by atoms with Gasteiger partial charge in [-0.1, -0.05) is 42.7 Å². The third kappa shape index (κ3) is 4.58. The molecule has 3 rings (SSSR count). The third-order valence-corrected chi connectivity index (χ3v) is 5.37. The van der Waals surface area contributed by atoms with E-state index in [0.29, 0.717) is 18.4 Å². The molecule has 1 aromatic rings. The van der Waals surface area contributed by atoms with Crippen LogP contribution >= 0.6 is 0 Å². The van der Waals surface area contributed by atoms with Gasteiger partial charge in [-0.05, 0) is 31.9 Å². The first-order valence-electron chi connectivity index (χ1n) is 9.53. The van der Waals surface area contributed by atoms with Crippen LogP contribution in [0.2, 0.25) is 0 Å². The molecule has 1 aromatic carbocycles. The summed E-state index contributed by atoms with van der Waals surface area (Å²) in [7, 11) is 0. The molecule has 2 aliphatic rings. The van der Waals surface area contributed by atoms with E-state index in [1.807, 2.05) is 4.90 Å². The van der Waals surface area contributed by atoms with Gasteiger partial charge in [0.25, 0.3) is 0 Å². The highest BCUT2D eigenvalue weighted by Crippen LogP contribution is 2.30. The predicted molar refractivity (Wildman–Crippen MR) is 98.0 cm³/mol. The van der Waals surface area contributed by atoms with Gasteiger partial charge in [-0.15, -0.1) is 0 Å². The van der Waals surface area contributed by atoms with Gasteiger partial charge in [0, 0.05) is 45.2 Å². The Kier molecular flexibility index (Phi) is 6.27. The van der Waals surface area contributed by atoms with Crippen molar-refractivity contribution in [3.8, 4) is 0 Å². The van der Waals surface area contributed by atoms with Crippen LogP contribution in [0.15, 0.2) is 24.3 Å². The minimum atomic E-state index is 0.323. The lowest BCUT2D eigenvalue weighted by atomic mass is 9.99. The quantitative estimate of drug-likeness (QED) is 0.922. The summed E-state index contributed by atoms with van der Waals surface area (Å²) in [5.74, 6) is 0.323. The molecule has 0 aliphatic carbocycles. The number of nitrogens with one attached hydrogen (secondary N) is 1. The van der Waals surface area contributed by atoms with E-state index in [4.69, 9.17) is 0 Å². The van der Waals surface area contributed by atoms with Crippen molar-refractivity contribution < 1.29 is 4.79 Å². The van der Waals surface area contributed by atoms with Gasteiger partial charge in [-0.25, -0.2) is 0 Å². The molecule has 0 spiro atoms. The van der Waals surface area contributed by atoms with Crippen LogP contribution in [0.5, 0.6) is 0 Å². The molecular formula is C20H31N3O. The van der Waals surface area contributed by atoms with Crippen LogP contribution in [0.3, 0.4) is 0 Å². The highest BCUT2D eigenvalue weighted by molar-refractivity contribution is 5.76. The maximum Gasteiger partial charge on any atom is 0.223 e. The summed E-state index contributed by atoms with van der Waals surface area (Å²) in [6.07, 6.45) is 5.73. The number of amides is 1. The summed E-state index contributed by atoms with van der Waals surface area (Å²) in [6.45, 7) is 7.76. The number of benzene rings is 1. The van der Waals surface area contributed by atoms with Gasteiger partial charge < -0.3 is 10.2 Å². The van der Waals surface area contributed by atoms with E-state index in [-0.39, 0.29) is 0 Å². The van der Waals surface area contributed by atoms with Gasteiger partial charge in [0.1, 0.15) is 0 Å². The summed E-state index contributed by atoms with van der Waals surface area (Å²) >= 11 is 0. The number of hydrogen-bond donors (Lipinski definition) is 1. The first kappa shape index (κ1) is 17.4. The van der Waals surface area contributed by atoms with E-state index < -0.39 is 0 Å². The molecule has 4 heteroatoms. The van der Waals surface area contributed by atoms with Gasteiger partial charge in [-0.3, -0.25) is 9.69 Å². The van der Waals surface area contributed by atoms with Crippen LogP contribution < -0.4 is 5.32 Å². The van der Waals surface area contributed by atoms with E-state index in [9.17, 15) is 4.79 Å². The lowest BCUT2D eigenvalue weighted by Crippen LogP contribution is -2.47. The topological polar surface area (TPSA) is 35.6 Å². The molecule has 1 amide bonds. The number of aryl methyl sites for hydroxylation is 1. The minimum Gasteiger partial charge on any atom is -0.340 e. The van der Waals surface area contributed by atoms with Crippen LogP contribution in [0.1, 0.15) is 49.3 Å². The average molecular weight is 329 g/mol. The van der Waals surface area contributed by atoms with Crippen molar-refractivity contribution in [2.24, 2.45) is 0 Å². The summed E-state index contributed by atoms with van der Waals surface area (Å²) < 4.78 is 0. The second kappa shape index (κ2) is 8.63. The zero-order valence-corrected chi connectivity index (χ0v) is 15.0. The van der Waals surface area contributed by atoms with Crippen LogP contribution in [-0.4, -0.2) is 55.0 Å². The molecule has 132 valence electrons. The zero-order chi connectivity index (χ0) is 16.8. The van der Waals surface area contributed by atoms with Gasteiger partial charge in [0.2, 0.25) is 5.91 Å². The van der Waals surface area contributed by atoms with Crippen molar-refractivity contribution in [3.05, 3.63) is 35.4 Å². The maximum atomic E-state index is 12.5. The van der Waals surface area contributed by atoms with Crippen LogP contribution in [0, 0.1) is 6.92 Å². The monoisotopic (exact) mass is 329 g/mol. The minimum absolute atomic E-state index is 0.323. The Balaban J connectivity index is 1.63. The van der Waals surface area contributed by atoms with Crippen molar-refractivity contribution in [2.45, 2.75) is 45.1 Å². The van der Waals surface area contributed by atoms with Crippen molar-refractivity contribution in [1.82, 2.24) is 15.1 Å². The van der Waals surface area contributed by atoms with Crippen molar-refractivity contribution in [3.63, 3.8) is 0 Å². The molecule has 2 fully saturated rings. The second-order valence-electron chi connectivity index (χ2n) is 7.20. The number of likely N-dealkylation sites (tertiary alicyclic amines) is 1. The smallest absolute Gasteiger partial charge is 0.223 e. The van der Waals surface area contributed by atoms with Crippen LogP contribution in [0.4, 0.5) is 0 Å². The average Bonchev–Trinajstić information content (AvgIpc) is 2.86. The largest absolute Gasteiger partial charge is 0.340 e. The molecule has 1 N–H and O–H groups in total. The SMILES string of the molecule is Cc1cccc(C2CCCCCN2CCC(=O)N2CCNCC2)c1.